The second-order valence-corrected chi connectivity index (χ2v) is 10.9. The predicted molar refractivity (Wildman–Crippen MR) is 128 cm³/mol. The molecule has 1 N–H and O–H groups in total. The third-order valence-corrected chi connectivity index (χ3v) is 6.04. The summed E-state index contributed by atoms with van der Waals surface area (Å²) in [6.07, 6.45) is 3.17. The van der Waals surface area contributed by atoms with E-state index in [4.69, 9.17) is 14.0 Å². The predicted octanol–water partition coefficient (Wildman–Crippen LogP) is 4.81. The van der Waals surface area contributed by atoms with E-state index in [2.05, 4.69) is 10.3 Å². The molecule has 2 aromatic rings. The first-order valence-electron chi connectivity index (χ1n) is 11.0. The van der Waals surface area contributed by atoms with Crippen LogP contribution in [-0.2, 0) is 19.6 Å². The van der Waals surface area contributed by atoms with Crippen molar-refractivity contribution in [3.8, 4) is 11.1 Å². The van der Waals surface area contributed by atoms with Crippen LogP contribution in [0.5, 0.6) is 0 Å². The summed E-state index contributed by atoms with van der Waals surface area (Å²) in [6.45, 7) is 17.6. The maximum absolute atomic E-state index is 12.2. The van der Waals surface area contributed by atoms with Crippen molar-refractivity contribution in [3.63, 3.8) is 0 Å². The SMILES string of the molecule is CC(C)(C)OC(=O)NC(C)(C)c1ccc(-c2cncc(B3OC(C)(C)C(C)(C)O3)c2)cc1. The molecule has 172 valence electrons. The monoisotopic (exact) mass is 438 g/mol. The van der Waals surface area contributed by atoms with Crippen molar-refractivity contribution in [2.75, 3.05) is 0 Å². The van der Waals surface area contributed by atoms with Crippen LogP contribution in [0.3, 0.4) is 0 Å². The molecule has 6 nitrogen and oxygen atoms in total. The highest BCUT2D eigenvalue weighted by Crippen LogP contribution is 2.36. The van der Waals surface area contributed by atoms with Gasteiger partial charge in [-0.05, 0) is 79.0 Å². The molecule has 0 spiro atoms. The van der Waals surface area contributed by atoms with Crippen LogP contribution < -0.4 is 10.8 Å². The number of hydrogen-bond donors (Lipinski definition) is 1. The van der Waals surface area contributed by atoms with Crippen LogP contribution in [0.15, 0.2) is 42.7 Å². The van der Waals surface area contributed by atoms with E-state index in [-0.39, 0.29) is 0 Å². The Morgan fingerprint density at radius 1 is 0.938 bits per heavy atom. The summed E-state index contributed by atoms with van der Waals surface area (Å²) in [6, 6.07) is 10.1. The Bertz CT molecular complexity index is 962. The minimum atomic E-state index is -0.580. The highest BCUT2D eigenvalue weighted by Gasteiger charge is 2.51. The van der Waals surface area contributed by atoms with Gasteiger partial charge in [-0.3, -0.25) is 4.98 Å². The van der Waals surface area contributed by atoms with Crippen LogP contribution in [0.25, 0.3) is 11.1 Å². The number of carbonyl (C=O) groups excluding carboxylic acids is 1. The number of aromatic nitrogens is 1. The maximum Gasteiger partial charge on any atom is 0.496 e. The number of nitrogens with zero attached hydrogens (tertiary/aromatic N) is 1. The number of alkyl carbamates (subject to hydrolysis) is 1. The molecule has 1 fully saturated rings. The third kappa shape index (κ3) is 5.33. The normalized spacial score (nSPS) is 17.8. The quantitative estimate of drug-likeness (QED) is 0.694. The summed E-state index contributed by atoms with van der Waals surface area (Å²) in [4.78, 5) is 16.6. The van der Waals surface area contributed by atoms with Gasteiger partial charge in [0.25, 0.3) is 0 Å². The lowest BCUT2D eigenvalue weighted by atomic mass is 9.79. The molecule has 1 aliphatic rings. The zero-order chi connectivity index (χ0) is 23.9. The fraction of sp³-hybridized carbons (Fsp3) is 0.520. The Labute approximate surface area is 192 Å². The number of benzene rings is 1. The molecular weight excluding hydrogens is 403 g/mol. The van der Waals surface area contributed by atoms with Gasteiger partial charge in [0.1, 0.15) is 5.60 Å². The highest BCUT2D eigenvalue weighted by atomic mass is 16.7. The van der Waals surface area contributed by atoms with Gasteiger partial charge < -0.3 is 19.4 Å². The Morgan fingerprint density at radius 3 is 2.03 bits per heavy atom. The summed E-state index contributed by atoms with van der Waals surface area (Å²) in [5.41, 5.74) is 1.93. The van der Waals surface area contributed by atoms with Gasteiger partial charge in [0, 0.05) is 17.9 Å². The first-order chi connectivity index (χ1) is 14.6. The molecular formula is C25H35BN2O4. The summed E-state index contributed by atoms with van der Waals surface area (Å²) in [5.74, 6) is 0. The second kappa shape index (κ2) is 8.20. The van der Waals surface area contributed by atoms with Gasteiger partial charge >= 0.3 is 13.2 Å². The molecule has 1 aromatic carbocycles. The second-order valence-electron chi connectivity index (χ2n) is 10.9. The standard InChI is InChI=1S/C25H35BN2O4/c1-22(2,3)30-21(29)28-23(4,5)19-12-10-17(11-13-19)18-14-20(16-27-15-18)26-31-24(6,7)25(8,9)32-26/h10-16H,1-9H3,(H,28,29). The van der Waals surface area contributed by atoms with Crippen molar-refractivity contribution in [1.29, 1.82) is 0 Å². The summed E-state index contributed by atoms with van der Waals surface area (Å²) in [7, 11) is -0.455. The molecule has 2 heterocycles. The number of carbonyl (C=O) groups is 1. The topological polar surface area (TPSA) is 69.7 Å². The third-order valence-electron chi connectivity index (χ3n) is 6.04. The Hall–Kier alpha value is -2.38. The van der Waals surface area contributed by atoms with Gasteiger partial charge in [0.2, 0.25) is 0 Å². The van der Waals surface area contributed by atoms with Crippen LogP contribution in [0.2, 0.25) is 0 Å². The van der Waals surface area contributed by atoms with E-state index < -0.39 is 35.6 Å². The molecule has 0 atom stereocenters. The molecule has 1 saturated heterocycles. The minimum absolute atomic E-state index is 0.401. The average Bonchev–Trinajstić information content (AvgIpc) is 2.87. The van der Waals surface area contributed by atoms with Crippen molar-refractivity contribution in [2.24, 2.45) is 0 Å². The van der Waals surface area contributed by atoms with Gasteiger partial charge in [-0.15, -0.1) is 0 Å². The van der Waals surface area contributed by atoms with E-state index in [0.717, 1.165) is 22.2 Å². The summed E-state index contributed by atoms with van der Waals surface area (Å²) >= 11 is 0. The minimum Gasteiger partial charge on any atom is -0.444 e. The van der Waals surface area contributed by atoms with E-state index >= 15 is 0 Å². The summed E-state index contributed by atoms with van der Waals surface area (Å²) < 4.78 is 17.7. The largest absolute Gasteiger partial charge is 0.496 e. The molecule has 1 aromatic heterocycles. The molecule has 0 bridgehead atoms. The summed E-state index contributed by atoms with van der Waals surface area (Å²) in [5, 5.41) is 2.94. The zero-order valence-corrected chi connectivity index (χ0v) is 20.7. The number of hydrogen-bond acceptors (Lipinski definition) is 5. The van der Waals surface area contributed by atoms with Gasteiger partial charge in [-0.2, -0.15) is 0 Å². The molecule has 0 aliphatic carbocycles. The highest BCUT2D eigenvalue weighted by molar-refractivity contribution is 6.62. The fourth-order valence-electron chi connectivity index (χ4n) is 3.43. The van der Waals surface area contributed by atoms with E-state index in [0.29, 0.717) is 0 Å². The molecule has 7 heteroatoms. The van der Waals surface area contributed by atoms with Crippen molar-refractivity contribution < 1.29 is 18.8 Å². The van der Waals surface area contributed by atoms with Crippen molar-refractivity contribution in [3.05, 3.63) is 48.3 Å². The van der Waals surface area contributed by atoms with Crippen LogP contribution in [0, 0.1) is 0 Å². The number of rotatable bonds is 4. The number of ether oxygens (including phenoxy) is 1. The molecule has 1 amide bonds. The van der Waals surface area contributed by atoms with Crippen LogP contribution in [-0.4, -0.2) is 35.0 Å². The van der Waals surface area contributed by atoms with Crippen LogP contribution in [0.4, 0.5) is 4.79 Å². The van der Waals surface area contributed by atoms with Gasteiger partial charge in [-0.25, -0.2) is 4.79 Å². The zero-order valence-electron chi connectivity index (χ0n) is 20.7. The smallest absolute Gasteiger partial charge is 0.444 e. The van der Waals surface area contributed by atoms with Crippen molar-refractivity contribution in [1.82, 2.24) is 10.3 Å². The Morgan fingerprint density at radius 2 is 1.50 bits per heavy atom. The van der Waals surface area contributed by atoms with Gasteiger partial charge in [0.15, 0.2) is 0 Å². The van der Waals surface area contributed by atoms with Crippen molar-refractivity contribution >= 4 is 18.7 Å². The molecule has 0 unspecified atom stereocenters. The molecule has 3 rings (SSSR count). The fourth-order valence-corrected chi connectivity index (χ4v) is 3.43. The van der Waals surface area contributed by atoms with E-state index in [9.17, 15) is 4.79 Å². The first kappa shape index (κ1) is 24.3. The molecule has 0 saturated carbocycles. The number of pyridine rings is 1. The number of nitrogens with one attached hydrogen (secondary N) is 1. The first-order valence-corrected chi connectivity index (χ1v) is 11.0. The van der Waals surface area contributed by atoms with E-state index in [1.807, 2.05) is 98.8 Å². The van der Waals surface area contributed by atoms with Gasteiger partial charge in [0.05, 0.1) is 16.7 Å². The lowest BCUT2D eigenvalue weighted by Crippen LogP contribution is -2.43. The lowest BCUT2D eigenvalue weighted by Gasteiger charge is -2.32. The van der Waals surface area contributed by atoms with Crippen molar-refractivity contribution in [2.45, 2.75) is 84.7 Å². The lowest BCUT2D eigenvalue weighted by molar-refractivity contribution is 0.00578. The van der Waals surface area contributed by atoms with E-state index in [1.165, 1.54) is 0 Å². The van der Waals surface area contributed by atoms with Crippen LogP contribution in [0.1, 0.15) is 67.9 Å². The van der Waals surface area contributed by atoms with Crippen LogP contribution >= 0.6 is 0 Å². The average molecular weight is 438 g/mol. The van der Waals surface area contributed by atoms with Gasteiger partial charge in [-0.1, -0.05) is 30.3 Å². The molecule has 32 heavy (non-hydrogen) atoms. The molecule has 1 aliphatic heterocycles. The maximum atomic E-state index is 12.2. The molecule has 0 radical (unpaired) electrons. The Balaban J connectivity index is 1.77. The number of amides is 1. The van der Waals surface area contributed by atoms with E-state index in [1.54, 1.807) is 6.20 Å². The Kier molecular flexibility index (Phi) is 6.22.